The average molecular weight is 292 g/mol. The van der Waals surface area contributed by atoms with Gasteiger partial charge in [-0.1, -0.05) is 6.07 Å². The molecule has 0 bridgehead atoms. The number of carbonyl (C=O) groups excluding carboxylic acids is 1. The van der Waals surface area contributed by atoms with E-state index in [1.54, 1.807) is 13.0 Å². The van der Waals surface area contributed by atoms with Gasteiger partial charge in [0.2, 0.25) is 10.0 Å². The minimum Gasteiger partial charge on any atom is -0.322 e. The molecule has 20 heavy (non-hydrogen) atoms. The van der Waals surface area contributed by atoms with Crippen molar-refractivity contribution < 1.29 is 13.2 Å². The Morgan fingerprint density at radius 3 is 2.50 bits per heavy atom. The predicted octanol–water partition coefficient (Wildman–Crippen LogP) is 0.685. The van der Waals surface area contributed by atoms with Gasteiger partial charge in [0.15, 0.2) is 0 Å². The van der Waals surface area contributed by atoms with E-state index in [0.717, 1.165) is 0 Å². The zero-order chi connectivity index (χ0) is 14.8. The Bertz CT molecular complexity index is 745. The highest BCUT2D eigenvalue weighted by atomic mass is 32.2. The van der Waals surface area contributed by atoms with Crippen LogP contribution in [0.4, 0.5) is 5.69 Å². The van der Waals surface area contributed by atoms with E-state index in [0.29, 0.717) is 11.3 Å². The van der Waals surface area contributed by atoms with Gasteiger partial charge in [0.05, 0.1) is 10.5 Å². The third-order valence-electron chi connectivity index (χ3n) is 2.66. The fourth-order valence-electron chi connectivity index (χ4n) is 1.67. The lowest BCUT2D eigenvalue weighted by molar-refractivity contribution is 0.102. The van der Waals surface area contributed by atoms with Gasteiger partial charge in [-0.3, -0.25) is 4.79 Å². The Morgan fingerprint density at radius 1 is 1.25 bits per heavy atom. The van der Waals surface area contributed by atoms with Crippen molar-refractivity contribution in [2.45, 2.75) is 11.8 Å². The minimum absolute atomic E-state index is 0.0281. The van der Waals surface area contributed by atoms with Crippen molar-refractivity contribution in [3.8, 4) is 0 Å². The molecule has 1 heterocycles. The maximum atomic E-state index is 12.0. The molecular formula is C12H12N4O3S. The first-order valence-electron chi connectivity index (χ1n) is 5.58. The number of anilines is 1. The number of nitrogens with zero attached hydrogens (tertiary/aromatic N) is 2. The number of rotatable bonds is 3. The van der Waals surface area contributed by atoms with E-state index >= 15 is 0 Å². The second-order valence-corrected chi connectivity index (χ2v) is 5.58. The number of primary sulfonamides is 1. The van der Waals surface area contributed by atoms with E-state index in [1.165, 1.54) is 30.9 Å². The van der Waals surface area contributed by atoms with Crippen LogP contribution in [-0.4, -0.2) is 24.3 Å². The summed E-state index contributed by atoms with van der Waals surface area (Å²) in [6.07, 6.45) is 4.03. The van der Waals surface area contributed by atoms with E-state index < -0.39 is 15.9 Å². The summed E-state index contributed by atoms with van der Waals surface area (Å²) in [5.41, 5.74) is 1.01. The van der Waals surface area contributed by atoms with E-state index in [1.807, 2.05) is 0 Å². The van der Waals surface area contributed by atoms with Crippen molar-refractivity contribution in [1.82, 2.24) is 9.97 Å². The number of benzene rings is 1. The normalized spacial score (nSPS) is 11.1. The van der Waals surface area contributed by atoms with Gasteiger partial charge in [-0.25, -0.2) is 23.5 Å². The molecule has 104 valence electrons. The molecule has 2 aromatic rings. The maximum absolute atomic E-state index is 12.0. The largest absolute Gasteiger partial charge is 0.322 e. The highest BCUT2D eigenvalue weighted by molar-refractivity contribution is 7.89. The lowest BCUT2D eigenvalue weighted by Gasteiger charge is -2.11. The molecule has 1 aromatic heterocycles. The van der Waals surface area contributed by atoms with Crippen LogP contribution in [0.5, 0.6) is 0 Å². The number of sulfonamides is 1. The SMILES string of the molecule is Cc1c(NC(=O)c2cncnc2)cccc1S(N)(=O)=O. The highest BCUT2D eigenvalue weighted by Gasteiger charge is 2.15. The topological polar surface area (TPSA) is 115 Å². The number of aromatic nitrogens is 2. The molecule has 1 amide bonds. The second kappa shape index (κ2) is 5.35. The fraction of sp³-hybridized carbons (Fsp3) is 0.0833. The van der Waals surface area contributed by atoms with Crippen molar-refractivity contribution in [2.24, 2.45) is 5.14 Å². The third-order valence-corrected chi connectivity index (χ3v) is 3.72. The monoisotopic (exact) mass is 292 g/mol. The molecule has 0 saturated carbocycles. The van der Waals surface area contributed by atoms with Crippen molar-refractivity contribution in [1.29, 1.82) is 0 Å². The van der Waals surface area contributed by atoms with Crippen LogP contribution in [0.2, 0.25) is 0 Å². The number of nitrogens with one attached hydrogen (secondary N) is 1. The number of amides is 1. The summed E-state index contributed by atoms with van der Waals surface area (Å²) >= 11 is 0. The maximum Gasteiger partial charge on any atom is 0.258 e. The molecule has 0 spiro atoms. The second-order valence-electron chi connectivity index (χ2n) is 4.05. The van der Waals surface area contributed by atoms with Crippen LogP contribution in [-0.2, 0) is 10.0 Å². The van der Waals surface area contributed by atoms with Gasteiger partial charge in [-0.15, -0.1) is 0 Å². The average Bonchev–Trinajstić information content (AvgIpc) is 2.40. The Hall–Kier alpha value is -2.32. The van der Waals surface area contributed by atoms with E-state index in [4.69, 9.17) is 5.14 Å². The highest BCUT2D eigenvalue weighted by Crippen LogP contribution is 2.22. The Kier molecular flexibility index (Phi) is 3.77. The Morgan fingerprint density at radius 2 is 1.90 bits per heavy atom. The molecule has 7 nitrogen and oxygen atoms in total. The Balaban J connectivity index is 2.34. The van der Waals surface area contributed by atoms with E-state index in [9.17, 15) is 13.2 Å². The van der Waals surface area contributed by atoms with Crippen LogP contribution < -0.4 is 10.5 Å². The van der Waals surface area contributed by atoms with Crippen LogP contribution in [0.15, 0.2) is 41.8 Å². The lowest BCUT2D eigenvalue weighted by Crippen LogP contribution is -2.17. The molecule has 0 aliphatic carbocycles. The first kappa shape index (κ1) is 14.1. The van der Waals surface area contributed by atoms with Crippen LogP contribution in [0, 0.1) is 6.92 Å². The van der Waals surface area contributed by atoms with Crippen LogP contribution in [0.1, 0.15) is 15.9 Å². The molecule has 0 atom stereocenters. The molecule has 1 aromatic carbocycles. The smallest absolute Gasteiger partial charge is 0.258 e. The first-order chi connectivity index (χ1) is 9.39. The van der Waals surface area contributed by atoms with Crippen molar-refractivity contribution in [3.63, 3.8) is 0 Å². The summed E-state index contributed by atoms with van der Waals surface area (Å²) in [5, 5.41) is 7.71. The molecule has 8 heteroatoms. The Labute approximate surface area is 115 Å². The van der Waals surface area contributed by atoms with E-state index in [-0.39, 0.29) is 10.5 Å². The van der Waals surface area contributed by atoms with Gasteiger partial charge in [-0.2, -0.15) is 0 Å². The number of hydrogen-bond donors (Lipinski definition) is 2. The van der Waals surface area contributed by atoms with Gasteiger partial charge in [0.1, 0.15) is 6.33 Å². The molecule has 0 radical (unpaired) electrons. The van der Waals surface area contributed by atoms with Crippen molar-refractivity contribution in [2.75, 3.05) is 5.32 Å². The standard InChI is InChI=1S/C12H12N4O3S/c1-8-10(3-2-4-11(8)20(13,18)19)16-12(17)9-5-14-7-15-6-9/h2-7H,1H3,(H,16,17)(H2,13,18,19). The van der Waals surface area contributed by atoms with Crippen LogP contribution >= 0.6 is 0 Å². The zero-order valence-corrected chi connectivity index (χ0v) is 11.4. The summed E-state index contributed by atoms with van der Waals surface area (Å²) in [6, 6.07) is 4.47. The molecule has 2 rings (SSSR count). The number of hydrogen-bond acceptors (Lipinski definition) is 5. The first-order valence-corrected chi connectivity index (χ1v) is 7.13. The third kappa shape index (κ3) is 2.98. The number of nitrogens with two attached hydrogens (primary N) is 1. The van der Waals surface area contributed by atoms with Gasteiger partial charge in [0, 0.05) is 18.1 Å². The van der Waals surface area contributed by atoms with Crippen molar-refractivity contribution in [3.05, 3.63) is 48.0 Å². The molecule has 3 N–H and O–H groups in total. The lowest BCUT2D eigenvalue weighted by atomic mass is 10.2. The molecule has 0 saturated heterocycles. The van der Waals surface area contributed by atoms with Crippen LogP contribution in [0.3, 0.4) is 0 Å². The van der Waals surface area contributed by atoms with Gasteiger partial charge >= 0.3 is 0 Å². The van der Waals surface area contributed by atoms with Crippen molar-refractivity contribution >= 4 is 21.6 Å². The zero-order valence-electron chi connectivity index (χ0n) is 10.6. The fourth-order valence-corrected chi connectivity index (χ4v) is 2.47. The summed E-state index contributed by atoms with van der Waals surface area (Å²) in [5.74, 6) is -0.430. The number of carbonyl (C=O) groups is 1. The van der Waals surface area contributed by atoms with Gasteiger partial charge in [-0.05, 0) is 24.6 Å². The summed E-state index contributed by atoms with van der Waals surface area (Å²) in [7, 11) is -3.83. The molecule has 0 fully saturated rings. The molecule has 0 aliphatic rings. The molecule has 0 unspecified atom stereocenters. The summed E-state index contributed by atoms with van der Waals surface area (Å²) in [4.78, 5) is 19.4. The quantitative estimate of drug-likeness (QED) is 0.863. The molecular weight excluding hydrogens is 280 g/mol. The predicted molar refractivity (Wildman–Crippen MR) is 72.5 cm³/mol. The van der Waals surface area contributed by atoms with Crippen LogP contribution in [0.25, 0.3) is 0 Å². The molecule has 0 aliphatic heterocycles. The minimum atomic E-state index is -3.83. The van der Waals surface area contributed by atoms with E-state index in [2.05, 4.69) is 15.3 Å². The summed E-state index contributed by atoms with van der Waals surface area (Å²) in [6.45, 7) is 1.57. The van der Waals surface area contributed by atoms with Gasteiger partial charge < -0.3 is 5.32 Å². The van der Waals surface area contributed by atoms with Gasteiger partial charge in [0.25, 0.3) is 5.91 Å². The summed E-state index contributed by atoms with van der Waals surface area (Å²) < 4.78 is 22.8.